The molecule has 2 aromatic carbocycles. The summed E-state index contributed by atoms with van der Waals surface area (Å²) in [6, 6.07) is 11.3. The van der Waals surface area contributed by atoms with Gasteiger partial charge in [0, 0.05) is 18.7 Å². The largest absolute Gasteiger partial charge is 0.484 e. The predicted molar refractivity (Wildman–Crippen MR) is 99.6 cm³/mol. The van der Waals surface area contributed by atoms with Crippen molar-refractivity contribution in [1.82, 2.24) is 10.9 Å². The number of anilines is 1. The zero-order chi connectivity index (χ0) is 19.8. The molecule has 0 heterocycles. The van der Waals surface area contributed by atoms with Gasteiger partial charge in [-0.2, -0.15) is 0 Å². The molecule has 0 bridgehead atoms. The van der Waals surface area contributed by atoms with Crippen molar-refractivity contribution >= 4 is 23.2 Å². The Morgan fingerprint density at radius 2 is 1.81 bits per heavy atom. The van der Waals surface area contributed by atoms with E-state index in [1.165, 1.54) is 19.2 Å². The fourth-order valence-electron chi connectivity index (χ4n) is 2.24. The van der Waals surface area contributed by atoms with E-state index in [4.69, 9.17) is 4.74 Å². The molecule has 0 aliphatic heterocycles. The number of carbonyl (C=O) groups excluding carboxylic acids is 2. The summed E-state index contributed by atoms with van der Waals surface area (Å²) in [5.74, 6) is -0.711. The van der Waals surface area contributed by atoms with Crippen molar-refractivity contribution in [2.75, 3.05) is 19.0 Å². The second-order valence-electron chi connectivity index (χ2n) is 5.53. The Kier molecular flexibility index (Phi) is 6.70. The Bertz CT molecular complexity index is 836. The Morgan fingerprint density at radius 1 is 1.11 bits per heavy atom. The maximum Gasteiger partial charge on any atom is 0.293 e. The molecule has 0 saturated heterocycles. The maximum atomic E-state index is 12.1. The minimum Gasteiger partial charge on any atom is -0.484 e. The molecule has 0 fully saturated rings. The number of rotatable bonds is 7. The van der Waals surface area contributed by atoms with Crippen molar-refractivity contribution in [3.63, 3.8) is 0 Å². The molecule has 0 saturated carbocycles. The maximum absolute atomic E-state index is 12.1. The van der Waals surface area contributed by atoms with Crippen LogP contribution in [0.25, 0.3) is 0 Å². The number of amides is 2. The lowest BCUT2D eigenvalue weighted by Crippen LogP contribution is -2.43. The van der Waals surface area contributed by atoms with Crippen molar-refractivity contribution in [2.24, 2.45) is 0 Å². The van der Waals surface area contributed by atoms with Gasteiger partial charge in [0.1, 0.15) is 11.4 Å². The third kappa shape index (κ3) is 5.43. The molecule has 0 atom stereocenters. The van der Waals surface area contributed by atoms with Crippen LogP contribution in [0.3, 0.4) is 0 Å². The van der Waals surface area contributed by atoms with Crippen LogP contribution in [0.15, 0.2) is 42.5 Å². The number of nitrogens with zero attached hydrogens (tertiary/aromatic N) is 1. The molecule has 2 amide bonds. The topological polar surface area (TPSA) is 123 Å². The Labute approximate surface area is 155 Å². The monoisotopic (exact) mass is 372 g/mol. The summed E-state index contributed by atoms with van der Waals surface area (Å²) in [4.78, 5) is 34.3. The number of aryl methyl sites for hydroxylation is 1. The minimum atomic E-state index is -0.679. The number of nitrogens with one attached hydrogen (secondary N) is 3. The number of hydrogen-bond donors (Lipinski definition) is 3. The smallest absolute Gasteiger partial charge is 0.293 e. The molecular formula is C18H20N4O5. The van der Waals surface area contributed by atoms with Gasteiger partial charge in [0.25, 0.3) is 17.5 Å². The van der Waals surface area contributed by atoms with Gasteiger partial charge >= 0.3 is 0 Å². The van der Waals surface area contributed by atoms with Crippen molar-refractivity contribution in [2.45, 2.75) is 13.3 Å². The molecule has 2 aromatic rings. The Hall–Kier alpha value is -3.62. The highest BCUT2D eigenvalue weighted by molar-refractivity contribution is 5.96. The van der Waals surface area contributed by atoms with Crippen LogP contribution in [0.4, 0.5) is 11.4 Å². The molecule has 0 aliphatic carbocycles. The van der Waals surface area contributed by atoms with E-state index >= 15 is 0 Å². The van der Waals surface area contributed by atoms with Crippen molar-refractivity contribution in [1.29, 1.82) is 0 Å². The third-order valence-corrected chi connectivity index (χ3v) is 3.74. The highest BCUT2D eigenvalue weighted by Gasteiger charge is 2.17. The summed E-state index contributed by atoms with van der Waals surface area (Å²) in [7, 11) is 1.54. The first-order valence-corrected chi connectivity index (χ1v) is 8.21. The summed E-state index contributed by atoms with van der Waals surface area (Å²) in [6.07, 6.45) is 0.903. The van der Waals surface area contributed by atoms with Crippen molar-refractivity contribution in [3.05, 3.63) is 63.7 Å². The number of nitro benzene ring substituents is 1. The fraction of sp³-hybridized carbons (Fsp3) is 0.222. The van der Waals surface area contributed by atoms with Crippen molar-refractivity contribution < 1.29 is 19.2 Å². The van der Waals surface area contributed by atoms with E-state index in [1.807, 2.05) is 19.1 Å². The van der Waals surface area contributed by atoms with Crippen LogP contribution in [-0.2, 0) is 11.2 Å². The quantitative estimate of drug-likeness (QED) is 0.505. The fourth-order valence-corrected chi connectivity index (χ4v) is 2.24. The molecule has 9 heteroatoms. The molecule has 27 heavy (non-hydrogen) atoms. The molecule has 0 radical (unpaired) electrons. The van der Waals surface area contributed by atoms with E-state index in [9.17, 15) is 19.7 Å². The summed E-state index contributed by atoms with van der Waals surface area (Å²) in [6.45, 7) is 1.75. The number of carbonyl (C=O) groups is 2. The van der Waals surface area contributed by atoms with Crippen LogP contribution in [0.1, 0.15) is 22.8 Å². The summed E-state index contributed by atoms with van der Waals surface area (Å²) < 4.78 is 5.33. The van der Waals surface area contributed by atoms with E-state index in [0.717, 1.165) is 18.1 Å². The van der Waals surface area contributed by atoms with Gasteiger partial charge in [0.05, 0.1) is 4.92 Å². The average Bonchev–Trinajstić information content (AvgIpc) is 2.70. The lowest BCUT2D eigenvalue weighted by atomic mass is 10.1. The van der Waals surface area contributed by atoms with E-state index in [1.54, 1.807) is 12.1 Å². The highest BCUT2D eigenvalue weighted by atomic mass is 16.6. The molecule has 2 rings (SSSR count). The normalized spacial score (nSPS) is 10.0. The number of benzene rings is 2. The minimum absolute atomic E-state index is 0.0390. The first kappa shape index (κ1) is 19.7. The molecule has 142 valence electrons. The lowest BCUT2D eigenvalue weighted by Gasteiger charge is -2.10. The molecule has 0 aliphatic rings. The van der Waals surface area contributed by atoms with Crippen LogP contribution < -0.4 is 20.9 Å². The Balaban J connectivity index is 1.88. The van der Waals surface area contributed by atoms with E-state index in [-0.39, 0.29) is 23.5 Å². The van der Waals surface area contributed by atoms with Gasteiger partial charge < -0.3 is 10.1 Å². The van der Waals surface area contributed by atoms with E-state index in [0.29, 0.717) is 5.75 Å². The number of hydrogen-bond acceptors (Lipinski definition) is 6. The summed E-state index contributed by atoms with van der Waals surface area (Å²) >= 11 is 0. The van der Waals surface area contributed by atoms with E-state index in [2.05, 4.69) is 16.2 Å². The molecule has 0 aromatic heterocycles. The predicted octanol–water partition coefficient (Wildman–Crippen LogP) is 2.04. The van der Waals surface area contributed by atoms with Gasteiger partial charge in [-0.05, 0) is 36.2 Å². The van der Waals surface area contributed by atoms with Crippen molar-refractivity contribution in [3.8, 4) is 5.75 Å². The number of ether oxygens (including phenoxy) is 1. The summed E-state index contributed by atoms with van der Waals surface area (Å²) in [5, 5.41) is 13.7. The molecule has 9 nitrogen and oxygen atoms in total. The van der Waals surface area contributed by atoms with Gasteiger partial charge in [-0.1, -0.05) is 19.1 Å². The van der Waals surface area contributed by atoms with Crippen LogP contribution in [0.2, 0.25) is 0 Å². The first-order chi connectivity index (χ1) is 12.9. The summed E-state index contributed by atoms with van der Waals surface area (Å²) in [5.41, 5.74) is 5.63. The van der Waals surface area contributed by atoms with Gasteiger partial charge in [0.15, 0.2) is 6.61 Å². The standard InChI is InChI=1S/C18H20N4O5/c1-3-12-4-7-14(8-5-12)27-11-17(23)20-21-18(24)13-6-9-15(19-2)16(10-13)22(25)26/h4-10,19H,3,11H2,1-2H3,(H,20,23)(H,21,24). The van der Waals surface area contributed by atoms with Gasteiger partial charge in [-0.25, -0.2) is 0 Å². The van der Waals surface area contributed by atoms with Gasteiger partial charge in [0.2, 0.25) is 0 Å². The number of nitro groups is 1. The van der Waals surface area contributed by atoms with Crippen LogP contribution in [-0.4, -0.2) is 30.4 Å². The van der Waals surface area contributed by atoms with Crippen LogP contribution in [0.5, 0.6) is 5.75 Å². The Morgan fingerprint density at radius 3 is 2.41 bits per heavy atom. The van der Waals surface area contributed by atoms with Gasteiger partial charge in [-0.3, -0.25) is 30.6 Å². The highest BCUT2D eigenvalue weighted by Crippen LogP contribution is 2.24. The van der Waals surface area contributed by atoms with Crippen LogP contribution >= 0.6 is 0 Å². The SMILES string of the molecule is CCc1ccc(OCC(=O)NNC(=O)c2ccc(NC)c([N+](=O)[O-])c2)cc1. The first-order valence-electron chi connectivity index (χ1n) is 8.21. The molecule has 0 unspecified atom stereocenters. The second kappa shape index (κ2) is 9.18. The molecule has 3 N–H and O–H groups in total. The lowest BCUT2D eigenvalue weighted by molar-refractivity contribution is -0.384. The van der Waals surface area contributed by atoms with E-state index < -0.39 is 16.7 Å². The average molecular weight is 372 g/mol. The zero-order valence-corrected chi connectivity index (χ0v) is 14.9. The second-order valence-corrected chi connectivity index (χ2v) is 5.53. The third-order valence-electron chi connectivity index (χ3n) is 3.74. The van der Waals surface area contributed by atoms with Gasteiger partial charge in [-0.15, -0.1) is 0 Å². The number of hydrazine groups is 1. The van der Waals surface area contributed by atoms with Crippen LogP contribution in [0, 0.1) is 10.1 Å². The molecular weight excluding hydrogens is 352 g/mol. The molecule has 0 spiro atoms. The zero-order valence-electron chi connectivity index (χ0n) is 14.9.